The Balaban J connectivity index is 5.06. The van der Waals surface area contributed by atoms with Gasteiger partial charge in [0.25, 0.3) is 0 Å². The van der Waals surface area contributed by atoms with Crippen molar-refractivity contribution in [3.63, 3.8) is 0 Å². The predicted molar refractivity (Wildman–Crippen MR) is 74.2 cm³/mol. The van der Waals surface area contributed by atoms with E-state index in [1.807, 2.05) is 34.6 Å². The zero-order valence-electron chi connectivity index (χ0n) is 12.3. The van der Waals surface area contributed by atoms with Crippen LogP contribution in [0.1, 0.15) is 34.6 Å². The zero-order chi connectivity index (χ0) is 14.1. The molecule has 0 fully saturated rings. The number of amides is 2. The smallest absolute Gasteiger partial charge is 0.239 e. The van der Waals surface area contributed by atoms with Crippen molar-refractivity contribution in [2.24, 2.45) is 5.92 Å². The second kappa shape index (κ2) is 8.72. The molecule has 0 saturated carbocycles. The van der Waals surface area contributed by atoms with Gasteiger partial charge in [0.15, 0.2) is 0 Å². The molecule has 0 rings (SSSR count). The second-order valence-corrected chi connectivity index (χ2v) is 4.02. The van der Waals surface area contributed by atoms with Crippen LogP contribution >= 0.6 is 0 Å². The highest BCUT2D eigenvalue weighted by Crippen LogP contribution is 2.10. The molecule has 0 aliphatic carbocycles. The van der Waals surface area contributed by atoms with E-state index in [9.17, 15) is 9.59 Å². The lowest BCUT2D eigenvalue weighted by Crippen LogP contribution is -2.44. The quantitative estimate of drug-likeness (QED) is 0.514. The van der Waals surface area contributed by atoms with Crippen molar-refractivity contribution >= 4 is 11.8 Å². The lowest BCUT2D eigenvalue weighted by atomic mass is 10.1. The molecule has 0 spiro atoms. The monoisotopic (exact) mass is 254 g/mol. The largest absolute Gasteiger partial charge is 0.342 e. The van der Waals surface area contributed by atoms with Crippen molar-refractivity contribution in [3.05, 3.63) is 12.2 Å². The summed E-state index contributed by atoms with van der Waals surface area (Å²) in [7, 11) is 0. The average molecular weight is 254 g/mol. The number of carbonyl (C=O) groups is 2. The molecule has 0 aromatic carbocycles. The molecule has 4 nitrogen and oxygen atoms in total. The lowest BCUT2D eigenvalue weighted by molar-refractivity contribution is -0.144. The van der Waals surface area contributed by atoms with E-state index in [-0.39, 0.29) is 11.8 Å². The van der Waals surface area contributed by atoms with Gasteiger partial charge >= 0.3 is 0 Å². The molecular weight excluding hydrogens is 228 g/mol. The molecule has 4 heteroatoms. The summed E-state index contributed by atoms with van der Waals surface area (Å²) in [5, 5.41) is 0. The number of nitrogens with zero attached hydrogens (tertiary/aromatic N) is 2. The Hall–Kier alpha value is -1.32. The van der Waals surface area contributed by atoms with Crippen LogP contribution in [0.15, 0.2) is 12.2 Å². The normalized spacial score (nSPS) is 11.0. The third-order valence-corrected chi connectivity index (χ3v) is 3.07. The van der Waals surface area contributed by atoms with Crippen molar-refractivity contribution in [2.75, 3.05) is 26.2 Å². The van der Waals surface area contributed by atoms with E-state index in [4.69, 9.17) is 0 Å². The van der Waals surface area contributed by atoms with Gasteiger partial charge in [-0.05, 0) is 34.6 Å². The van der Waals surface area contributed by atoms with Gasteiger partial charge in [0.2, 0.25) is 11.8 Å². The summed E-state index contributed by atoms with van der Waals surface area (Å²) in [6.07, 6.45) is 3.47. The van der Waals surface area contributed by atoms with Crippen molar-refractivity contribution in [1.29, 1.82) is 0 Å². The molecule has 0 bridgehead atoms. The van der Waals surface area contributed by atoms with Crippen LogP contribution in [0.2, 0.25) is 0 Å². The van der Waals surface area contributed by atoms with Gasteiger partial charge in [-0.25, -0.2) is 0 Å². The Bertz CT molecular complexity index is 268. The van der Waals surface area contributed by atoms with Crippen molar-refractivity contribution in [3.8, 4) is 0 Å². The zero-order valence-corrected chi connectivity index (χ0v) is 12.3. The van der Waals surface area contributed by atoms with Crippen LogP contribution in [0.25, 0.3) is 0 Å². The summed E-state index contributed by atoms with van der Waals surface area (Å²) in [5.41, 5.74) is 0. The fourth-order valence-corrected chi connectivity index (χ4v) is 1.93. The topological polar surface area (TPSA) is 40.6 Å². The molecule has 0 radical (unpaired) electrons. The minimum atomic E-state index is -0.671. The summed E-state index contributed by atoms with van der Waals surface area (Å²) in [6, 6.07) is 0. The predicted octanol–water partition coefficient (Wildman–Crippen LogP) is 1.92. The number of carbonyl (C=O) groups excluding carboxylic acids is 2. The first-order valence-corrected chi connectivity index (χ1v) is 6.77. The minimum Gasteiger partial charge on any atom is -0.342 e. The molecule has 0 aliphatic rings. The van der Waals surface area contributed by atoms with E-state index in [0.29, 0.717) is 26.2 Å². The summed E-state index contributed by atoms with van der Waals surface area (Å²) in [4.78, 5) is 28.0. The molecule has 104 valence electrons. The van der Waals surface area contributed by atoms with E-state index >= 15 is 0 Å². The maximum absolute atomic E-state index is 12.3. The molecule has 0 aromatic heterocycles. The number of rotatable bonds is 7. The number of hydrogen-bond donors (Lipinski definition) is 0. The number of allylic oxidation sites excluding steroid dienone is 1. The minimum absolute atomic E-state index is 0.102. The molecule has 2 amide bonds. The first kappa shape index (κ1) is 16.7. The Kier molecular flexibility index (Phi) is 8.08. The molecule has 0 aromatic rings. The average Bonchev–Trinajstić information content (AvgIpc) is 2.38. The van der Waals surface area contributed by atoms with E-state index in [1.54, 1.807) is 22.0 Å². The highest BCUT2D eigenvalue weighted by Gasteiger charge is 2.29. The number of hydrogen-bond acceptors (Lipinski definition) is 2. The van der Waals surface area contributed by atoms with Gasteiger partial charge in [-0.3, -0.25) is 9.59 Å². The lowest BCUT2D eigenvalue weighted by Gasteiger charge is -2.27. The fraction of sp³-hybridized carbons (Fsp3) is 0.714. The van der Waals surface area contributed by atoms with Crippen LogP contribution in [-0.4, -0.2) is 47.8 Å². The third-order valence-electron chi connectivity index (χ3n) is 3.07. The summed E-state index contributed by atoms with van der Waals surface area (Å²) >= 11 is 0. The Morgan fingerprint density at radius 2 is 1.22 bits per heavy atom. The van der Waals surface area contributed by atoms with Crippen molar-refractivity contribution < 1.29 is 9.59 Å². The Morgan fingerprint density at radius 3 is 1.44 bits per heavy atom. The van der Waals surface area contributed by atoms with Gasteiger partial charge in [-0.2, -0.15) is 0 Å². The summed E-state index contributed by atoms with van der Waals surface area (Å²) < 4.78 is 0. The highest BCUT2D eigenvalue weighted by molar-refractivity contribution is 6.02. The maximum atomic E-state index is 12.3. The van der Waals surface area contributed by atoms with Gasteiger partial charge < -0.3 is 9.80 Å². The van der Waals surface area contributed by atoms with Crippen LogP contribution in [-0.2, 0) is 9.59 Å². The van der Waals surface area contributed by atoms with Crippen LogP contribution < -0.4 is 0 Å². The van der Waals surface area contributed by atoms with Crippen LogP contribution in [0.4, 0.5) is 0 Å². The van der Waals surface area contributed by atoms with E-state index < -0.39 is 5.92 Å². The molecule has 0 saturated heterocycles. The van der Waals surface area contributed by atoms with Gasteiger partial charge in [0.1, 0.15) is 5.92 Å². The fourth-order valence-electron chi connectivity index (χ4n) is 1.93. The third kappa shape index (κ3) is 4.17. The molecule has 0 unspecified atom stereocenters. The molecular formula is C14H26N2O2. The summed E-state index contributed by atoms with van der Waals surface area (Å²) in [6.45, 7) is 12.1. The van der Waals surface area contributed by atoms with Crippen molar-refractivity contribution in [2.45, 2.75) is 34.6 Å². The molecule has 18 heavy (non-hydrogen) atoms. The van der Waals surface area contributed by atoms with Gasteiger partial charge in [0, 0.05) is 26.2 Å². The van der Waals surface area contributed by atoms with E-state index in [1.165, 1.54) is 0 Å². The van der Waals surface area contributed by atoms with E-state index in [2.05, 4.69) is 0 Å². The maximum Gasteiger partial charge on any atom is 0.239 e. The molecule has 0 atom stereocenters. The van der Waals surface area contributed by atoms with Crippen molar-refractivity contribution in [1.82, 2.24) is 9.80 Å². The summed E-state index contributed by atoms with van der Waals surface area (Å²) in [5.74, 6) is -0.875. The molecule has 0 aliphatic heterocycles. The molecule has 0 heterocycles. The SMILES string of the molecule is CC=CC(C(=O)N(CC)CC)C(=O)N(CC)CC. The van der Waals surface area contributed by atoms with Gasteiger partial charge in [-0.15, -0.1) is 0 Å². The van der Waals surface area contributed by atoms with Gasteiger partial charge in [-0.1, -0.05) is 12.2 Å². The van der Waals surface area contributed by atoms with Crippen LogP contribution in [0, 0.1) is 5.92 Å². The molecule has 0 N–H and O–H groups in total. The van der Waals surface area contributed by atoms with Gasteiger partial charge in [0.05, 0.1) is 0 Å². The first-order valence-electron chi connectivity index (χ1n) is 6.77. The first-order chi connectivity index (χ1) is 8.56. The highest BCUT2D eigenvalue weighted by atomic mass is 16.2. The Morgan fingerprint density at radius 1 is 0.889 bits per heavy atom. The van der Waals surface area contributed by atoms with Crippen LogP contribution in [0.5, 0.6) is 0 Å². The second-order valence-electron chi connectivity index (χ2n) is 4.02. The Labute approximate surface area is 111 Å². The van der Waals surface area contributed by atoms with Crippen LogP contribution in [0.3, 0.4) is 0 Å². The van der Waals surface area contributed by atoms with E-state index in [0.717, 1.165) is 0 Å². The standard InChI is InChI=1S/C14H26N2O2/c1-6-11-12(13(17)15(7-2)8-3)14(18)16(9-4)10-5/h6,11-12H,7-10H2,1-5H3.